The molecule has 2 nitrogen and oxygen atoms in total. The maximum Gasteiger partial charge on any atom is 0.106 e. The summed E-state index contributed by atoms with van der Waals surface area (Å²) < 4.78 is 0. The predicted molar refractivity (Wildman–Crippen MR) is 41.7 cm³/mol. The zero-order valence-corrected chi connectivity index (χ0v) is 6.13. The van der Waals surface area contributed by atoms with Crippen molar-refractivity contribution in [1.82, 2.24) is 0 Å². The first kappa shape index (κ1) is 7.19. The lowest BCUT2D eigenvalue weighted by Gasteiger charge is -2.08. The van der Waals surface area contributed by atoms with Crippen LogP contribution in [0.3, 0.4) is 0 Å². The molecule has 0 N–H and O–H groups in total. The van der Waals surface area contributed by atoms with Crippen molar-refractivity contribution in [2.24, 2.45) is 5.18 Å². The lowest BCUT2D eigenvalue weighted by Crippen LogP contribution is -1.93. The Kier molecular flexibility index (Phi) is 2.37. The molecule has 1 aliphatic rings. The van der Waals surface area contributed by atoms with E-state index in [9.17, 15) is 4.91 Å². The molecule has 1 rings (SSSR count). The second kappa shape index (κ2) is 3.30. The van der Waals surface area contributed by atoms with Gasteiger partial charge in [0.1, 0.15) is 6.54 Å². The highest BCUT2D eigenvalue weighted by atomic mass is 16.3. The fourth-order valence-electron chi connectivity index (χ4n) is 1.09. The Bertz CT molecular complexity index is 191. The van der Waals surface area contributed by atoms with Gasteiger partial charge in [-0.1, -0.05) is 22.9 Å². The summed E-state index contributed by atoms with van der Waals surface area (Å²) in [5.74, 6) is 0. The molecule has 54 valence electrons. The van der Waals surface area contributed by atoms with Crippen molar-refractivity contribution < 1.29 is 0 Å². The number of hydrogen-bond donors (Lipinski definition) is 0. The quantitative estimate of drug-likeness (QED) is 0.537. The van der Waals surface area contributed by atoms with Crippen molar-refractivity contribution in [1.29, 1.82) is 0 Å². The van der Waals surface area contributed by atoms with Crippen LogP contribution in [0.15, 0.2) is 28.5 Å². The summed E-state index contributed by atoms with van der Waals surface area (Å²) in [6.07, 6.45) is 6.28. The Labute approximate surface area is 60.6 Å². The van der Waals surface area contributed by atoms with Gasteiger partial charge in [0, 0.05) is 0 Å². The maximum absolute atomic E-state index is 9.90. The van der Waals surface area contributed by atoms with Crippen LogP contribution in [0.1, 0.15) is 19.8 Å². The van der Waals surface area contributed by atoms with Gasteiger partial charge in [-0.2, -0.15) is 4.91 Å². The fraction of sp³-hybridized carbons (Fsp3) is 0.500. The molecule has 0 bridgehead atoms. The van der Waals surface area contributed by atoms with Crippen LogP contribution in [0.2, 0.25) is 0 Å². The minimum atomic E-state index is 0.336. The lowest BCUT2D eigenvalue weighted by molar-refractivity contribution is 0.921. The van der Waals surface area contributed by atoms with Crippen LogP contribution in [-0.4, -0.2) is 6.54 Å². The topological polar surface area (TPSA) is 29.4 Å². The molecule has 0 aromatic carbocycles. The molecule has 0 fully saturated rings. The Morgan fingerprint density at radius 3 is 3.10 bits per heavy atom. The number of nitrogens with zero attached hydrogens (tertiary/aromatic N) is 1. The van der Waals surface area contributed by atoms with E-state index in [4.69, 9.17) is 0 Å². The van der Waals surface area contributed by atoms with Crippen LogP contribution in [0.4, 0.5) is 0 Å². The van der Waals surface area contributed by atoms with E-state index in [0.29, 0.717) is 6.54 Å². The summed E-state index contributed by atoms with van der Waals surface area (Å²) in [4.78, 5) is 9.90. The molecule has 0 atom stereocenters. The smallest absolute Gasteiger partial charge is 0.106 e. The SMILES string of the molecule is CC1=C(CN=O)C=CCC1. The van der Waals surface area contributed by atoms with Gasteiger partial charge in [0.25, 0.3) is 0 Å². The Morgan fingerprint density at radius 1 is 1.70 bits per heavy atom. The fourth-order valence-corrected chi connectivity index (χ4v) is 1.09. The average molecular weight is 137 g/mol. The van der Waals surface area contributed by atoms with E-state index in [1.54, 1.807) is 0 Å². The molecule has 0 amide bonds. The van der Waals surface area contributed by atoms with E-state index in [1.165, 1.54) is 5.57 Å². The molecule has 2 heteroatoms. The Hall–Kier alpha value is -0.920. The summed E-state index contributed by atoms with van der Waals surface area (Å²) in [6.45, 7) is 2.40. The summed E-state index contributed by atoms with van der Waals surface area (Å²) in [5, 5.41) is 2.85. The van der Waals surface area contributed by atoms with E-state index in [1.807, 2.05) is 6.08 Å². The van der Waals surface area contributed by atoms with Crippen LogP contribution in [0.25, 0.3) is 0 Å². The predicted octanol–water partition coefficient (Wildman–Crippen LogP) is 2.42. The van der Waals surface area contributed by atoms with Crippen molar-refractivity contribution in [2.45, 2.75) is 19.8 Å². The van der Waals surface area contributed by atoms with Gasteiger partial charge < -0.3 is 0 Å². The number of allylic oxidation sites excluding steroid dienone is 2. The average Bonchev–Trinajstić information content (AvgIpc) is 1.94. The summed E-state index contributed by atoms with van der Waals surface area (Å²) in [7, 11) is 0. The second-order valence-electron chi connectivity index (χ2n) is 2.53. The van der Waals surface area contributed by atoms with Gasteiger partial charge >= 0.3 is 0 Å². The molecule has 1 aliphatic carbocycles. The monoisotopic (exact) mass is 137 g/mol. The highest BCUT2D eigenvalue weighted by molar-refractivity contribution is 5.29. The van der Waals surface area contributed by atoms with E-state index in [0.717, 1.165) is 18.4 Å². The highest BCUT2D eigenvalue weighted by Crippen LogP contribution is 2.17. The second-order valence-corrected chi connectivity index (χ2v) is 2.53. The summed E-state index contributed by atoms with van der Waals surface area (Å²) >= 11 is 0. The van der Waals surface area contributed by atoms with Crippen LogP contribution < -0.4 is 0 Å². The molecule has 0 heterocycles. The zero-order chi connectivity index (χ0) is 7.40. The standard InChI is InChI=1S/C8H11NO/c1-7-4-2-3-5-8(7)6-9-10/h3,5H,2,4,6H2,1H3. The maximum atomic E-state index is 9.90. The Morgan fingerprint density at radius 2 is 2.50 bits per heavy atom. The molecule has 0 spiro atoms. The zero-order valence-electron chi connectivity index (χ0n) is 6.13. The van der Waals surface area contributed by atoms with Gasteiger partial charge in [-0.15, -0.1) is 0 Å². The third-order valence-corrected chi connectivity index (χ3v) is 1.79. The number of hydrogen-bond acceptors (Lipinski definition) is 2. The number of rotatable bonds is 2. The third kappa shape index (κ3) is 1.53. The first-order chi connectivity index (χ1) is 4.84. The first-order valence-corrected chi connectivity index (χ1v) is 3.49. The first-order valence-electron chi connectivity index (χ1n) is 3.49. The van der Waals surface area contributed by atoms with E-state index in [2.05, 4.69) is 18.2 Å². The van der Waals surface area contributed by atoms with Gasteiger partial charge in [-0.25, -0.2) is 0 Å². The Balaban J connectivity index is 2.69. The largest absolute Gasteiger partial charge is 0.150 e. The van der Waals surface area contributed by atoms with Crippen molar-refractivity contribution in [3.63, 3.8) is 0 Å². The van der Waals surface area contributed by atoms with E-state index in [-0.39, 0.29) is 0 Å². The molecule has 0 saturated carbocycles. The molecular formula is C8H11NO. The highest BCUT2D eigenvalue weighted by Gasteiger charge is 2.02. The summed E-state index contributed by atoms with van der Waals surface area (Å²) in [5.41, 5.74) is 2.41. The van der Waals surface area contributed by atoms with Crippen molar-refractivity contribution in [3.05, 3.63) is 28.2 Å². The molecule has 0 saturated heterocycles. The van der Waals surface area contributed by atoms with E-state index < -0.39 is 0 Å². The van der Waals surface area contributed by atoms with E-state index >= 15 is 0 Å². The molecule has 0 aromatic heterocycles. The van der Waals surface area contributed by atoms with Gasteiger partial charge in [0.05, 0.1) is 0 Å². The molecule has 0 unspecified atom stereocenters. The van der Waals surface area contributed by atoms with Crippen LogP contribution >= 0.6 is 0 Å². The normalized spacial score (nSPS) is 17.7. The third-order valence-electron chi connectivity index (χ3n) is 1.79. The molecule has 0 radical (unpaired) electrons. The lowest BCUT2D eigenvalue weighted by atomic mass is 9.99. The molecule has 10 heavy (non-hydrogen) atoms. The molecule has 0 aromatic rings. The van der Waals surface area contributed by atoms with Crippen molar-refractivity contribution in [3.8, 4) is 0 Å². The van der Waals surface area contributed by atoms with Crippen molar-refractivity contribution >= 4 is 0 Å². The van der Waals surface area contributed by atoms with Crippen LogP contribution in [0, 0.1) is 4.91 Å². The van der Waals surface area contributed by atoms with Crippen molar-refractivity contribution in [2.75, 3.05) is 6.54 Å². The number of nitroso groups, excluding NO2 is 1. The van der Waals surface area contributed by atoms with Gasteiger partial charge in [-0.3, -0.25) is 0 Å². The molecular weight excluding hydrogens is 126 g/mol. The van der Waals surface area contributed by atoms with Gasteiger partial charge in [0.15, 0.2) is 0 Å². The summed E-state index contributed by atoms with van der Waals surface area (Å²) in [6, 6.07) is 0. The minimum Gasteiger partial charge on any atom is -0.150 e. The minimum absolute atomic E-state index is 0.336. The molecule has 0 aliphatic heterocycles. The van der Waals surface area contributed by atoms with Crippen LogP contribution in [-0.2, 0) is 0 Å². The van der Waals surface area contributed by atoms with Gasteiger partial charge in [0.2, 0.25) is 0 Å². The van der Waals surface area contributed by atoms with Crippen LogP contribution in [0.5, 0.6) is 0 Å². The van der Waals surface area contributed by atoms with Gasteiger partial charge in [-0.05, 0) is 25.3 Å².